The van der Waals surface area contributed by atoms with Crippen LogP contribution in [0.1, 0.15) is 20.3 Å². The molecule has 0 unspecified atom stereocenters. The molecule has 1 heterocycles. The number of aliphatic hydroxyl groups is 1. The van der Waals surface area contributed by atoms with Crippen LogP contribution in [0.15, 0.2) is 47.1 Å². The lowest BCUT2D eigenvalue weighted by Gasteiger charge is -2.28. The summed E-state index contributed by atoms with van der Waals surface area (Å²) in [5.74, 6) is -2.44. The summed E-state index contributed by atoms with van der Waals surface area (Å²) in [6, 6.07) is 0. The Bertz CT molecular complexity index is 769. The van der Waals surface area contributed by atoms with Gasteiger partial charge in [-0.05, 0) is 25.5 Å². The van der Waals surface area contributed by atoms with E-state index < -0.39 is 36.0 Å². The second kappa shape index (κ2) is 6.11. The van der Waals surface area contributed by atoms with Gasteiger partial charge < -0.3 is 14.6 Å². The van der Waals surface area contributed by atoms with E-state index >= 15 is 0 Å². The zero-order valence-corrected chi connectivity index (χ0v) is 14.2. The molecule has 0 radical (unpaired) electrons. The van der Waals surface area contributed by atoms with Crippen molar-refractivity contribution in [3.05, 3.63) is 47.1 Å². The smallest absolute Gasteiger partial charge is 0.334 e. The lowest BCUT2D eigenvalue weighted by molar-refractivity contribution is -0.148. The largest absolute Gasteiger partial charge is 0.458 e. The number of carbonyl (C=O) groups excluding carboxylic acids is 3. The molecule has 1 N–H and O–H groups in total. The molecule has 1 saturated heterocycles. The summed E-state index contributed by atoms with van der Waals surface area (Å²) in [5, 5.41) is 9.63. The highest BCUT2D eigenvalue weighted by Gasteiger charge is 2.54. The van der Waals surface area contributed by atoms with Crippen molar-refractivity contribution in [1.82, 2.24) is 0 Å². The number of rotatable bonds is 3. The van der Waals surface area contributed by atoms with Gasteiger partial charge in [-0.1, -0.05) is 18.7 Å². The fraction of sp³-hybridized carbons (Fsp3) is 0.421. The van der Waals surface area contributed by atoms with Crippen LogP contribution in [0.25, 0.3) is 0 Å². The van der Waals surface area contributed by atoms with Crippen LogP contribution in [-0.4, -0.2) is 41.6 Å². The van der Waals surface area contributed by atoms with Gasteiger partial charge in [0.25, 0.3) is 0 Å². The quantitative estimate of drug-likeness (QED) is 0.615. The molecule has 0 aromatic carbocycles. The standard InChI is InChI=1S/C19H20O6/c1-8(2)18(22)24-13-5-9(3)14-12(21)6-11(7-20)16(14)17-15(13)10(4)19(23)25-17/h6,13,15-17,20H,1,4-5,7H2,2-3H3/t13-,15+,16-,17-/m0/s1. The number of hydrogen-bond donors (Lipinski definition) is 1. The van der Waals surface area contributed by atoms with Crippen molar-refractivity contribution in [3.63, 3.8) is 0 Å². The minimum atomic E-state index is -0.722. The summed E-state index contributed by atoms with van der Waals surface area (Å²) in [6.07, 6.45) is 0.287. The van der Waals surface area contributed by atoms with Crippen molar-refractivity contribution in [1.29, 1.82) is 0 Å². The monoisotopic (exact) mass is 344 g/mol. The number of ketones is 1. The van der Waals surface area contributed by atoms with Crippen molar-refractivity contribution < 1.29 is 29.0 Å². The molecule has 1 fully saturated rings. The Kier molecular flexibility index (Phi) is 4.24. The van der Waals surface area contributed by atoms with E-state index in [0.29, 0.717) is 17.6 Å². The molecule has 25 heavy (non-hydrogen) atoms. The average Bonchev–Trinajstić information content (AvgIpc) is 2.99. The van der Waals surface area contributed by atoms with E-state index in [1.165, 1.54) is 13.0 Å². The molecule has 0 saturated carbocycles. The lowest BCUT2D eigenvalue weighted by Crippen LogP contribution is -2.36. The number of carbonyl (C=O) groups is 3. The Labute approximate surface area is 145 Å². The maximum atomic E-state index is 12.4. The molecule has 3 aliphatic rings. The van der Waals surface area contributed by atoms with Crippen molar-refractivity contribution in [2.75, 3.05) is 6.61 Å². The third-order valence-corrected chi connectivity index (χ3v) is 5.04. The van der Waals surface area contributed by atoms with Crippen LogP contribution >= 0.6 is 0 Å². The van der Waals surface area contributed by atoms with Gasteiger partial charge in [-0.15, -0.1) is 0 Å². The Balaban J connectivity index is 2.07. The van der Waals surface area contributed by atoms with Gasteiger partial charge in [0.15, 0.2) is 5.78 Å². The van der Waals surface area contributed by atoms with Crippen LogP contribution in [0.4, 0.5) is 0 Å². The van der Waals surface area contributed by atoms with Crippen LogP contribution < -0.4 is 0 Å². The first-order valence-electron chi connectivity index (χ1n) is 8.07. The zero-order valence-electron chi connectivity index (χ0n) is 14.2. The number of hydrogen-bond acceptors (Lipinski definition) is 6. The Hall–Kier alpha value is -2.47. The summed E-state index contributed by atoms with van der Waals surface area (Å²) < 4.78 is 11.0. The second-order valence-electron chi connectivity index (χ2n) is 6.76. The number of allylic oxidation sites excluding steroid dienone is 1. The highest BCUT2D eigenvalue weighted by atomic mass is 16.6. The number of fused-ring (bicyclic) bond motifs is 3. The predicted octanol–water partition coefficient (Wildman–Crippen LogP) is 1.41. The van der Waals surface area contributed by atoms with Gasteiger partial charge in [0, 0.05) is 29.1 Å². The summed E-state index contributed by atoms with van der Waals surface area (Å²) in [5.41, 5.74) is 2.23. The molecule has 132 valence electrons. The maximum Gasteiger partial charge on any atom is 0.334 e. The highest BCUT2D eigenvalue weighted by Crippen LogP contribution is 2.48. The Morgan fingerprint density at radius 2 is 2.12 bits per heavy atom. The predicted molar refractivity (Wildman–Crippen MR) is 88.2 cm³/mol. The fourth-order valence-electron chi connectivity index (χ4n) is 3.88. The first kappa shape index (κ1) is 17.4. The first-order chi connectivity index (χ1) is 11.8. The highest BCUT2D eigenvalue weighted by molar-refractivity contribution is 6.09. The van der Waals surface area contributed by atoms with E-state index in [9.17, 15) is 19.5 Å². The average molecular weight is 344 g/mol. The third kappa shape index (κ3) is 2.66. The molecular weight excluding hydrogens is 324 g/mol. The topological polar surface area (TPSA) is 89.9 Å². The Morgan fingerprint density at radius 1 is 1.44 bits per heavy atom. The van der Waals surface area contributed by atoms with E-state index in [-0.39, 0.29) is 23.5 Å². The van der Waals surface area contributed by atoms with E-state index in [1.54, 1.807) is 6.92 Å². The van der Waals surface area contributed by atoms with Gasteiger partial charge in [-0.3, -0.25) is 4.79 Å². The van der Waals surface area contributed by atoms with Crippen LogP contribution in [0.2, 0.25) is 0 Å². The summed E-state index contributed by atoms with van der Waals surface area (Å²) in [7, 11) is 0. The minimum absolute atomic E-state index is 0.203. The van der Waals surface area contributed by atoms with Crippen LogP contribution in [-0.2, 0) is 23.9 Å². The second-order valence-corrected chi connectivity index (χ2v) is 6.76. The van der Waals surface area contributed by atoms with Gasteiger partial charge >= 0.3 is 11.9 Å². The SMILES string of the molecule is C=C(C)C(=O)O[C@H]1CC(C)=C2C(=O)C=C(CO)[C@@H]2[C@H]2OC(=O)C(=C)[C@@H]21. The first-order valence-corrected chi connectivity index (χ1v) is 8.07. The fourth-order valence-corrected chi connectivity index (χ4v) is 3.88. The van der Waals surface area contributed by atoms with Gasteiger partial charge in [-0.2, -0.15) is 0 Å². The molecule has 0 aromatic heterocycles. The molecule has 6 heteroatoms. The van der Waals surface area contributed by atoms with Crippen molar-refractivity contribution in [2.45, 2.75) is 32.5 Å². The third-order valence-electron chi connectivity index (χ3n) is 5.04. The van der Waals surface area contributed by atoms with Gasteiger partial charge in [0.2, 0.25) is 0 Å². The number of ether oxygens (including phenoxy) is 2. The lowest BCUT2D eigenvalue weighted by atomic mass is 9.82. The molecule has 0 bridgehead atoms. The number of aliphatic hydroxyl groups excluding tert-OH is 1. The molecule has 1 aliphatic heterocycles. The van der Waals surface area contributed by atoms with Gasteiger partial charge in [0.05, 0.1) is 12.5 Å². The summed E-state index contributed by atoms with van der Waals surface area (Å²) in [6.45, 7) is 10.4. The zero-order chi connectivity index (χ0) is 18.5. The molecule has 0 amide bonds. The number of esters is 2. The van der Waals surface area contributed by atoms with Crippen LogP contribution in [0, 0.1) is 11.8 Å². The Morgan fingerprint density at radius 3 is 2.72 bits per heavy atom. The molecule has 0 spiro atoms. The molecular formula is C19H20O6. The minimum Gasteiger partial charge on any atom is -0.458 e. The van der Waals surface area contributed by atoms with Crippen molar-refractivity contribution in [3.8, 4) is 0 Å². The van der Waals surface area contributed by atoms with Crippen molar-refractivity contribution in [2.24, 2.45) is 11.8 Å². The molecule has 2 aliphatic carbocycles. The normalized spacial score (nSPS) is 31.2. The molecule has 4 atom stereocenters. The van der Waals surface area contributed by atoms with E-state index in [1.807, 2.05) is 0 Å². The van der Waals surface area contributed by atoms with Crippen molar-refractivity contribution >= 4 is 17.7 Å². The molecule has 6 nitrogen and oxygen atoms in total. The summed E-state index contributed by atoms with van der Waals surface area (Å²) >= 11 is 0. The van der Waals surface area contributed by atoms with Gasteiger partial charge in [0.1, 0.15) is 12.2 Å². The summed E-state index contributed by atoms with van der Waals surface area (Å²) in [4.78, 5) is 36.5. The van der Waals surface area contributed by atoms with Crippen LogP contribution in [0.3, 0.4) is 0 Å². The maximum absolute atomic E-state index is 12.4. The molecule has 0 aromatic rings. The van der Waals surface area contributed by atoms with E-state index in [4.69, 9.17) is 9.47 Å². The van der Waals surface area contributed by atoms with E-state index in [2.05, 4.69) is 13.2 Å². The molecule has 3 rings (SSSR count). The van der Waals surface area contributed by atoms with E-state index in [0.717, 1.165) is 5.57 Å². The van der Waals surface area contributed by atoms with Crippen LogP contribution in [0.5, 0.6) is 0 Å². The van der Waals surface area contributed by atoms with Gasteiger partial charge in [-0.25, -0.2) is 9.59 Å².